The zero-order valence-corrected chi connectivity index (χ0v) is 15.4. The van der Waals surface area contributed by atoms with Crippen LogP contribution in [0, 0.1) is 0 Å². The molecule has 1 aliphatic heterocycles. The van der Waals surface area contributed by atoms with Crippen LogP contribution in [0.5, 0.6) is 11.5 Å². The molecule has 5 nitrogen and oxygen atoms in total. The Balaban J connectivity index is 1.55. The number of ether oxygens (including phenoxy) is 3. The third-order valence-corrected chi connectivity index (χ3v) is 5.53. The van der Waals surface area contributed by atoms with E-state index in [0.717, 1.165) is 50.1 Å². The Bertz CT molecular complexity index is 550. The van der Waals surface area contributed by atoms with Crippen molar-refractivity contribution in [1.82, 2.24) is 4.90 Å². The Morgan fingerprint density at radius 3 is 2.56 bits per heavy atom. The van der Waals surface area contributed by atoms with E-state index in [0.29, 0.717) is 12.6 Å². The molecule has 1 saturated carbocycles. The highest BCUT2D eigenvalue weighted by Gasteiger charge is 2.36. The smallest absolute Gasteiger partial charge is 0.160 e. The summed E-state index contributed by atoms with van der Waals surface area (Å²) in [6.45, 7) is 1.70. The molecule has 3 atom stereocenters. The van der Waals surface area contributed by atoms with Gasteiger partial charge in [-0.1, -0.05) is 18.9 Å². The van der Waals surface area contributed by atoms with Crippen molar-refractivity contribution in [3.63, 3.8) is 0 Å². The maximum atomic E-state index is 10.2. The van der Waals surface area contributed by atoms with E-state index in [1.54, 1.807) is 14.2 Å². The molecule has 0 amide bonds. The summed E-state index contributed by atoms with van der Waals surface area (Å²) in [6.07, 6.45) is 7.50. The van der Waals surface area contributed by atoms with Crippen molar-refractivity contribution in [3.05, 3.63) is 23.8 Å². The summed E-state index contributed by atoms with van der Waals surface area (Å²) < 4.78 is 16.9. The number of aliphatic hydroxyl groups is 1. The van der Waals surface area contributed by atoms with E-state index in [4.69, 9.17) is 14.2 Å². The lowest BCUT2D eigenvalue weighted by Crippen LogP contribution is -2.48. The van der Waals surface area contributed by atoms with Crippen LogP contribution in [0.3, 0.4) is 0 Å². The first-order chi connectivity index (χ1) is 12.2. The summed E-state index contributed by atoms with van der Waals surface area (Å²) in [5, 5.41) is 10.2. The predicted octanol–water partition coefficient (Wildman–Crippen LogP) is 2.99. The summed E-state index contributed by atoms with van der Waals surface area (Å²) in [5.74, 6) is 1.51. The SMILES string of the molecule is COc1ccc(CCO[C@@H]2CCCC[C@H]2N2CCCC2O)cc1OC. The van der Waals surface area contributed by atoms with Crippen molar-refractivity contribution < 1.29 is 19.3 Å². The number of aliphatic hydroxyl groups excluding tert-OH is 1. The van der Waals surface area contributed by atoms with E-state index < -0.39 is 0 Å². The average molecular weight is 349 g/mol. The van der Waals surface area contributed by atoms with Crippen LogP contribution >= 0.6 is 0 Å². The van der Waals surface area contributed by atoms with Gasteiger partial charge >= 0.3 is 0 Å². The molecule has 0 spiro atoms. The molecule has 1 saturated heterocycles. The van der Waals surface area contributed by atoms with Gasteiger partial charge in [-0.15, -0.1) is 0 Å². The van der Waals surface area contributed by atoms with Crippen LogP contribution in [0.15, 0.2) is 18.2 Å². The molecular weight excluding hydrogens is 318 g/mol. The first-order valence-electron chi connectivity index (χ1n) is 9.49. The molecule has 0 aromatic heterocycles. The largest absolute Gasteiger partial charge is 0.493 e. The van der Waals surface area contributed by atoms with Crippen LogP contribution in [0.2, 0.25) is 0 Å². The lowest BCUT2D eigenvalue weighted by atomic mass is 9.91. The van der Waals surface area contributed by atoms with Gasteiger partial charge in [-0.3, -0.25) is 4.90 Å². The predicted molar refractivity (Wildman–Crippen MR) is 97.2 cm³/mol. The summed E-state index contributed by atoms with van der Waals surface area (Å²) >= 11 is 0. The second-order valence-electron chi connectivity index (χ2n) is 7.06. The minimum absolute atomic E-state index is 0.238. The minimum Gasteiger partial charge on any atom is -0.493 e. The van der Waals surface area contributed by atoms with Gasteiger partial charge < -0.3 is 19.3 Å². The Morgan fingerprint density at radius 2 is 1.84 bits per heavy atom. The van der Waals surface area contributed by atoms with Crippen LogP contribution in [-0.2, 0) is 11.2 Å². The fraction of sp³-hybridized carbons (Fsp3) is 0.700. The highest BCUT2D eigenvalue weighted by molar-refractivity contribution is 5.42. The Labute approximate surface area is 150 Å². The second-order valence-corrected chi connectivity index (χ2v) is 7.06. The number of likely N-dealkylation sites (tertiary alicyclic amines) is 1. The van der Waals surface area contributed by atoms with Crippen LogP contribution in [0.4, 0.5) is 0 Å². The van der Waals surface area contributed by atoms with Gasteiger partial charge in [-0.25, -0.2) is 0 Å². The number of hydrogen-bond donors (Lipinski definition) is 1. The van der Waals surface area contributed by atoms with Crippen molar-refractivity contribution >= 4 is 0 Å². The fourth-order valence-electron chi connectivity index (χ4n) is 4.17. The number of methoxy groups -OCH3 is 2. The van der Waals surface area contributed by atoms with Crippen LogP contribution in [0.25, 0.3) is 0 Å². The zero-order valence-electron chi connectivity index (χ0n) is 15.4. The van der Waals surface area contributed by atoms with Gasteiger partial charge in [0.1, 0.15) is 6.23 Å². The van der Waals surface area contributed by atoms with E-state index in [2.05, 4.69) is 11.0 Å². The summed E-state index contributed by atoms with van der Waals surface area (Å²) in [4.78, 5) is 2.26. The van der Waals surface area contributed by atoms with Crippen molar-refractivity contribution in [2.45, 2.75) is 63.3 Å². The van der Waals surface area contributed by atoms with Gasteiger partial charge in [0.15, 0.2) is 11.5 Å². The first kappa shape index (κ1) is 18.5. The van der Waals surface area contributed by atoms with E-state index in [9.17, 15) is 5.11 Å². The number of benzene rings is 1. The Kier molecular flexibility index (Phi) is 6.57. The average Bonchev–Trinajstić information content (AvgIpc) is 3.07. The molecule has 1 heterocycles. The molecule has 1 N–H and O–H groups in total. The first-order valence-corrected chi connectivity index (χ1v) is 9.49. The monoisotopic (exact) mass is 349 g/mol. The molecule has 5 heteroatoms. The van der Waals surface area contributed by atoms with Crippen LogP contribution in [0.1, 0.15) is 44.1 Å². The molecule has 3 rings (SSSR count). The zero-order chi connectivity index (χ0) is 17.6. The molecule has 2 fully saturated rings. The van der Waals surface area contributed by atoms with Gasteiger partial charge in [-0.05, 0) is 49.8 Å². The van der Waals surface area contributed by atoms with Crippen LogP contribution < -0.4 is 9.47 Å². The molecule has 0 radical (unpaired) electrons. The van der Waals surface area contributed by atoms with Gasteiger partial charge in [0, 0.05) is 12.6 Å². The second kappa shape index (κ2) is 8.88. The normalized spacial score (nSPS) is 27.4. The molecule has 1 aromatic carbocycles. The maximum Gasteiger partial charge on any atom is 0.160 e. The van der Waals surface area contributed by atoms with Crippen molar-refractivity contribution in [2.24, 2.45) is 0 Å². The summed E-state index contributed by atoms with van der Waals surface area (Å²) in [7, 11) is 3.31. The lowest BCUT2D eigenvalue weighted by Gasteiger charge is -2.39. The molecule has 1 aromatic rings. The van der Waals surface area contributed by atoms with Gasteiger partial charge in [0.05, 0.1) is 26.9 Å². The molecule has 25 heavy (non-hydrogen) atoms. The van der Waals surface area contributed by atoms with E-state index in [1.807, 2.05) is 12.1 Å². The Hall–Kier alpha value is -1.30. The highest BCUT2D eigenvalue weighted by atomic mass is 16.5. The minimum atomic E-state index is -0.278. The Morgan fingerprint density at radius 1 is 1.04 bits per heavy atom. The third kappa shape index (κ3) is 4.46. The number of nitrogens with zero attached hydrogens (tertiary/aromatic N) is 1. The van der Waals surface area contributed by atoms with Gasteiger partial charge in [-0.2, -0.15) is 0 Å². The summed E-state index contributed by atoms with van der Waals surface area (Å²) in [6, 6.07) is 6.40. The van der Waals surface area contributed by atoms with Crippen LogP contribution in [-0.4, -0.2) is 55.8 Å². The maximum absolute atomic E-state index is 10.2. The van der Waals surface area contributed by atoms with E-state index >= 15 is 0 Å². The van der Waals surface area contributed by atoms with E-state index in [1.165, 1.54) is 18.4 Å². The highest BCUT2D eigenvalue weighted by Crippen LogP contribution is 2.31. The molecule has 0 bridgehead atoms. The molecule has 1 aliphatic carbocycles. The van der Waals surface area contributed by atoms with Crippen molar-refractivity contribution in [1.29, 1.82) is 0 Å². The van der Waals surface area contributed by atoms with Crippen molar-refractivity contribution in [3.8, 4) is 11.5 Å². The topological polar surface area (TPSA) is 51.2 Å². The molecule has 2 aliphatic rings. The number of rotatable bonds is 7. The number of hydrogen-bond acceptors (Lipinski definition) is 5. The standard InChI is InChI=1S/C20H31NO4/c1-23-18-10-9-15(14-19(18)24-2)11-13-25-17-7-4-3-6-16(17)21-12-5-8-20(21)22/h9-10,14,16-17,20,22H,3-8,11-13H2,1-2H3/t16-,17-,20?/m1/s1. The summed E-state index contributed by atoms with van der Waals surface area (Å²) in [5.41, 5.74) is 1.19. The van der Waals surface area contributed by atoms with Gasteiger partial charge in [0.25, 0.3) is 0 Å². The van der Waals surface area contributed by atoms with E-state index in [-0.39, 0.29) is 12.3 Å². The van der Waals surface area contributed by atoms with Crippen molar-refractivity contribution in [2.75, 3.05) is 27.4 Å². The fourth-order valence-corrected chi connectivity index (χ4v) is 4.17. The molecular formula is C20H31NO4. The third-order valence-electron chi connectivity index (χ3n) is 5.53. The van der Waals surface area contributed by atoms with Gasteiger partial charge in [0.2, 0.25) is 0 Å². The molecule has 1 unspecified atom stereocenters. The lowest BCUT2D eigenvalue weighted by molar-refractivity contribution is -0.0775. The molecule has 140 valence electrons. The quantitative estimate of drug-likeness (QED) is 0.820.